The predicted octanol–water partition coefficient (Wildman–Crippen LogP) is 2.17. The van der Waals surface area contributed by atoms with Gasteiger partial charge in [0.15, 0.2) is 5.16 Å². The van der Waals surface area contributed by atoms with Gasteiger partial charge in [0, 0.05) is 31.0 Å². The number of carbonyl (C=O) groups excluding carboxylic acids is 1. The second kappa shape index (κ2) is 8.79. The number of rotatable bonds is 8. The molecule has 20 heavy (non-hydrogen) atoms. The molecule has 5 nitrogen and oxygen atoms in total. The van der Waals surface area contributed by atoms with Crippen LogP contribution in [0.4, 0.5) is 0 Å². The van der Waals surface area contributed by atoms with Gasteiger partial charge in [0.25, 0.3) is 5.56 Å². The van der Waals surface area contributed by atoms with E-state index in [2.05, 4.69) is 11.9 Å². The molecule has 1 aromatic rings. The predicted molar refractivity (Wildman–Crippen MR) is 80.1 cm³/mol. The summed E-state index contributed by atoms with van der Waals surface area (Å²) in [5.41, 5.74) is 0.805. The van der Waals surface area contributed by atoms with Crippen LogP contribution < -0.4 is 5.56 Å². The van der Waals surface area contributed by atoms with Crippen LogP contribution in [0.25, 0.3) is 0 Å². The molecule has 1 heterocycles. The summed E-state index contributed by atoms with van der Waals surface area (Å²) in [5, 5.41) is 0.713. The Morgan fingerprint density at radius 2 is 2.20 bits per heavy atom. The fourth-order valence-corrected chi connectivity index (χ4v) is 2.63. The van der Waals surface area contributed by atoms with Gasteiger partial charge in [-0.05, 0) is 19.8 Å². The highest BCUT2D eigenvalue weighted by atomic mass is 32.2. The molecule has 0 aromatic carbocycles. The monoisotopic (exact) mass is 298 g/mol. The summed E-state index contributed by atoms with van der Waals surface area (Å²) in [4.78, 5) is 27.5. The van der Waals surface area contributed by atoms with Crippen LogP contribution in [-0.2, 0) is 23.0 Å². The zero-order valence-corrected chi connectivity index (χ0v) is 13.2. The zero-order valence-electron chi connectivity index (χ0n) is 12.3. The summed E-state index contributed by atoms with van der Waals surface area (Å²) >= 11 is 1.51. The first-order valence-corrected chi connectivity index (χ1v) is 7.92. The van der Waals surface area contributed by atoms with Gasteiger partial charge >= 0.3 is 5.97 Å². The molecule has 1 aromatic heterocycles. The highest BCUT2D eigenvalue weighted by Crippen LogP contribution is 2.16. The number of aryl methyl sites for hydroxylation is 1. The largest absolute Gasteiger partial charge is 0.466 e. The fourth-order valence-electron chi connectivity index (χ4n) is 1.69. The van der Waals surface area contributed by atoms with Crippen molar-refractivity contribution in [1.82, 2.24) is 9.55 Å². The molecule has 0 amide bonds. The van der Waals surface area contributed by atoms with Crippen molar-refractivity contribution in [3.63, 3.8) is 0 Å². The van der Waals surface area contributed by atoms with E-state index in [1.54, 1.807) is 24.6 Å². The lowest BCUT2D eigenvalue weighted by molar-refractivity contribution is -0.143. The number of hydrogen-bond donors (Lipinski definition) is 0. The summed E-state index contributed by atoms with van der Waals surface area (Å²) in [6.45, 7) is 4.28. The van der Waals surface area contributed by atoms with Crippen molar-refractivity contribution in [2.45, 2.75) is 44.7 Å². The summed E-state index contributed by atoms with van der Waals surface area (Å²) in [5.74, 6) is 0.573. The van der Waals surface area contributed by atoms with E-state index in [4.69, 9.17) is 4.74 Å². The van der Waals surface area contributed by atoms with E-state index < -0.39 is 0 Å². The molecule has 0 unspecified atom stereocenters. The maximum atomic E-state index is 11.8. The molecule has 6 heteroatoms. The van der Waals surface area contributed by atoms with Crippen molar-refractivity contribution in [1.29, 1.82) is 0 Å². The van der Waals surface area contributed by atoms with Crippen molar-refractivity contribution in [2.75, 3.05) is 12.4 Å². The lowest BCUT2D eigenvalue weighted by Gasteiger charge is -2.08. The van der Waals surface area contributed by atoms with Gasteiger partial charge in [-0.3, -0.25) is 14.2 Å². The van der Waals surface area contributed by atoms with Gasteiger partial charge in [0.2, 0.25) is 0 Å². The Morgan fingerprint density at radius 1 is 1.45 bits per heavy atom. The zero-order chi connectivity index (χ0) is 15.0. The topological polar surface area (TPSA) is 61.2 Å². The SMILES string of the molecule is CCCc1cc(=O)n(C)c(SCCCC(=O)OCC)n1. The van der Waals surface area contributed by atoms with Crippen molar-refractivity contribution < 1.29 is 9.53 Å². The average Bonchev–Trinajstić information content (AvgIpc) is 2.40. The lowest BCUT2D eigenvalue weighted by Crippen LogP contribution is -2.20. The molecule has 0 saturated carbocycles. The number of hydrogen-bond acceptors (Lipinski definition) is 5. The van der Waals surface area contributed by atoms with Crippen LogP contribution in [0.15, 0.2) is 16.0 Å². The van der Waals surface area contributed by atoms with Crippen LogP contribution >= 0.6 is 11.8 Å². The van der Waals surface area contributed by atoms with E-state index in [9.17, 15) is 9.59 Å². The van der Waals surface area contributed by atoms with E-state index in [0.717, 1.165) is 30.7 Å². The van der Waals surface area contributed by atoms with E-state index in [1.165, 1.54) is 11.8 Å². The standard InChI is InChI=1S/C14H22N2O3S/c1-4-7-11-10-12(17)16(3)14(15-11)20-9-6-8-13(18)19-5-2/h10H,4-9H2,1-3H3. The Morgan fingerprint density at radius 3 is 2.85 bits per heavy atom. The highest BCUT2D eigenvalue weighted by molar-refractivity contribution is 7.99. The molecule has 0 bridgehead atoms. The second-order valence-electron chi connectivity index (χ2n) is 4.43. The molecule has 0 N–H and O–H groups in total. The number of esters is 1. The van der Waals surface area contributed by atoms with Gasteiger partial charge in [-0.15, -0.1) is 0 Å². The van der Waals surface area contributed by atoms with Crippen molar-refractivity contribution in [3.8, 4) is 0 Å². The van der Waals surface area contributed by atoms with Gasteiger partial charge in [0.05, 0.1) is 6.61 Å². The maximum Gasteiger partial charge on any atom is 0.305 e. The summed E-state index contributed by atoms with van der Waals surface area (Å²) in [7, 11) is 1.72. The quantitative estimate of drug-likeness (QED) is 0.318. The van der Waals surface area contributed by atoms with Crippen LogP contribution in [0, 0.1) is 0 Å². The third-order valence-electron chi connectivity index (χ3n) is 2.71. The Kier molecular flexibility index (Phi) is 7.36. The number of carbonyl (C=O) groups is 1. The van der Waals surface area contributed by atoms with Crippen molar-refractivity contribution >= 4 is 17.7 Å². The maximum absolute atomic E-state index is 11.8. The molecule has 0 aliphatic rings. The summed E-state index contributed by atoms with van der Waals surface area (Å²) < 4.78 is 6.42. The van der Waals surface area contributed by atoms with E-state index in [0.29, 0.717) is 18.2 Å². The third kappa shape index (κ3) is 5.36. The number of ether oxygens (including phenoxy) is 1. The summed E-state index contributed by atoms with van der Waals surface area (Å²) in [6, 6.07) is 1.59. The second-order valence-corrected chi connectivity index (χ2v) is 5.50. The first-order chi connectivity index (χ1) is 9.58. The summed E-state index contributed by atoms with van der Waals surface area (Å²) in [6.07, 6.45) is 2.90. The number of thioether (sulfide) groups is 1. The van der Waals surface area contributed by atoms with Gasteiger partial charge in [-0.25, -0.2) is 4.98 Å². The van der Waals surface area contributed by atoms with Crippen molar-refractivity contribution in [3.05, 3.63) is 22.1 Å². The van der Waals surface area contributed by atoms with Gasteiger partial charge in [-0.1, -0.05) is 25.1 Å². The molecule has 1 rings (SSSR count). The van der Waals surface area contributed by atoms with Gasteiger partial charge in [0.1, 0.15) is 0 Å². The van der Waals surface area contributed by atoms with Gasteiger partial charge < -0.3 is 4.74 Å². The Balaban J connectivity index is 2.54. The molecule has 0 aliphatic carbocycles. The minimum absolute atomic E-state index is 0.0312. The fraction of sp³-hybridized carbons (Fsp3) is 0.643. The first-order valence-electron chi connectivity index (χ1n) is 6.93. The molecule has 0 radical (unpaired) electrons. The molecule has 0 aliphatic heterocycles. The highest BCUT2D eigenvalue weighted by Gasteiger charge is 2.07. The first kappa shape index (κ1) is 16.8. The molecule has 0 atom stereocenters. The van der Waals surface area contributed by atoms with Crippen LogP contribution in [0.3, 0.4) is 0 Å². The van der Waals surface area contributed by atoms with E-state index in [1.807, 2.05) is 0 Å². The van der Waals surface area contributed by atoms with Crippen LogP contribution in [-0.4, -0.2) is 27.9 Å². The molecule has 0 fully saturated rings. The minimum Gasteiger partial charge on any atom is -0.466 e. The van der Waals surface area contributed by atoms with Crippen molar-refractivity contribution in [2.24, 2.45) is 7.05 Å². The van der Waals surface area contributed by atoms with Crippen LogP contribution in [0.2, 0.25) is 0 Å². The molecular formula is C14H22N2O3S. The Labute approximate surface area is 123 Å². The molecular weight excluding hydrogens is 276 g/mol. The molecule has 0 spiro atoms. The lowest BCUT2D eigenvalue weighted by atomic mass is 10.2. The van der Waals surface area contributed by atoms with E-state index >= 15 is 0 Å². The van der Waals surface area contributed by atoms with Crippen LogP contribution in [0.1, 0.15) is 38.8 Å². The van der Waals surface area contributed by atoms with E-state index in [-0.39, 0.29) is 11.5 Å². The number of aromatic nitrogens is 2. The molecule has 112 valence electrons. The average molecular weight is 298 g/mol. The smallest absolute Gasteiger partial charge is 0.305 e. The third-order valence-corrected chi connectivity index (χ3v) is 3.83. The normalized spacial score (nSPS) is 10.6. The Hall–Kier alpha value is -1.30. The minimum atomic E-state index is -0.172. The molecule has 0 saturated heterocycles. The van der Waals surface area contributed by atoms with Crippen LogP contribution in [0.5, 0.6) is 0 Å². The Bertz CT molecular complexity index is 500. The van der Waals surface area contributed by atoms with Gasteiger partial charge in [-0.2, -0.15) is 0 Å². The number of nitrogens with zero attached hydrogens (tertiary/aromatic N) is 2.